The van der Waals surface area contributed by atoms with Crippen molar-refractivity contribution in [3.05, 3.63) is 0 Å². The van der Waals surface area contributed by atoms with Gasteiger partial charge in [-0.2, -0.15) is 0 Å². The molecule has 38 valence electrons. The van der Waals surface area contributed by atoms with Gasteiger partial charge in [-0.15, -0.1) is 0 Å². The number of thiol groups is 1. The van der Waals surface area contributed by atoms with E-state index in [0.29, 0.717) is 0 Å². The van der Waals surface area contributed by atoms with Gasteiger partial charge >= 0.3 is 22.4 Å². The molecule has 0 unspecified atom stereocenters. The second-order valence-electron chi connectivity index (χ2n) is 0.470. The number of rotatable bonds is 0. The zero-order valence-electron chi connectivity index (χ0n) is 3.07. The summed E-state index contributed by atoms with van der Waals surface area (Å²) >= 11 is 7.95. The SMILES string of the molecule is COC(=S)S.[Au+3]. The minimum atomic E-state index is 0. The maximum atomic E-state index is 4.35. The number of ether oxygens (including phenoxy) is 1. The summed E-state index contributed by atoms with van der Waals surface area (Å²) in [5.41, 5.74) is 0. The summed E-state index contributed by atoms with van der Waals surface area (Å²) in [7, 11) is 1.48. The first-order valence-electron chi connectivity index (χ1n) is 1.04. The molecular formula is C2H4AuOS2+3. The monoisotopic (exact) mass is 305 g/mol. The van der Waals surface area contributed by atoms with E-state index in [1.807, 2.05) is 0 Å². The molecule has 0 aliphatic rings. The fourth-order valence-corrected chi connectivity index (χ4v) is 0. The molecule has 0 radical (unpaired) electrons. The van der Waals surface area contributed by atoms with Gasteiger partial charge in [-0.3, -0.25) is 0 Å². The molecule has 0 aromatic carbocycles. The zero-order valence-corrected chi connectivity index (χ0v) is 6.94. The van der Waals surface area contributed by atoms with Crippen LogP contribution in [0.4, 0.5) is 0 Å². The van der Waals surface area contributed by atoms with Gasteiger partial charge in [-0.1, -0.05) is 12.6 Å². The van der Waals surface area contributed by atoms with Crippen molar-refractivity contribution < 1.29 is 27.1 Å². The summed E-state index contributed by atoms with van der Waals surface area (Å²) in [5, 5.41) is 0. The van der Waals surface area contributed by atoms with Gasteiger partial charge in [0.25, 0.3) is 0 Å². The van der Waals surface area contributed by atoms with Crippen LogP contribution in [0.25, 0.3) is 0 Å². The van der Waals surface area contributed by atoms with E-state index in [-0.39, 0.29) is 26.8 Å². The van der Waals surface area contributed by atoms with Crippen LogP contribution in [0.15, 0.2) is 0 Å². The molecule has 0 saturated heterocycles. The Morgan fingerprint density at radius 1 is 1.83 bits per heavy atom. The van der Waals surface area contributed by atoms with E-state index in [4.69, 9.17) is 0 Å². The van der Waals surface area contributed by atoms with Crippen LogP contribution in [0.1, 0.15) is 0 Å². The third kappa shape index (κ3) is 8.88. The maximum Gasteiger partial charge on any atom is 3.00 e. The number of hydrogen-bond donors (Lipinski definition) is 1. The van der Waals surface area contributed by atoms with Crippen LogP contribution in [0, 0.1) is 0 Å². The number of thiocarbonyl (C=S) groups is 1. The average molecular weight is 305 g/mol. The standard InChI is InChI=1S/C2H4OS2.Au/c1-3-2(4)5;/h1H3,(H,4,5);/q;+3. The molecule has 0 N–H and O–H groups in total. The molecule has 0 aromatic rings. The topological polar surface area (TPSA) is 9.23 Å². The van der Waals surface area contributed by atoms with Gasteiger partial charge in [-0.25, -0.2) is 0 Å². The molecule has 0 aliphatic carbocycles. The molecule has 0 fully saturated rings. The van der Waals surface area contributed by atoms with Crippen LogP contribution in [0.3, 0.4) is 0 Å². The molecular weight excluding hydrogens is 301 g/mol. The minimum Gasteiger partial charge on any atom is -0.482 e. The molecule has 0 heterocycles. The Labute approximate surface area is 63.4 Å². The van der Waals surface area contributed by atoms with Gasteiger partial charge in [0.05, 0.1) is 7.11 Å². The van der Waals surface area contributed by atoms with E-state index in [0.717, 1.165) is 0 Å². The molecule has 0 bridgehead atoms. The van der Waals surface area contributed by atoms with Crippen molar-refractivity contribution in [1.82, 2.24) is 0 Å². The maximum absolute atomic E-state index is 4.35. The summed E-state index contributed by atoms with van der Waals surface area (Å²) in [4.78, 5) is 0. The van der Waals surface area contributed by atoms with Gasteiger partial charge in [0.1, 0.15) is 0 Å². The normalized spacial score (nSPS) is 5.67. The molecule has 0 aliphatic heterocycles. The summed E-state index contributed by atoms with van der Waals surface area (Å²) in [6.07, 6.45) is 0. The smallest absolute Gasteiger partial charge is 0.482 e. The molecule has 0 atom stereocenters. The summed E-state index contributed by atoms with van der Waals surface area (Å²) in [6.45, 7) is 0. The Hall–Kier alpha value is 0.980. The Kier molecular flexibility index (Phi) is 10.0. The second kappa shape index (κ2) is 5.98. The molecule has 0 aromatic heterocycles. The fourth-order valence-electron chi connectivity index (χ4n) is 0. The van der Waals surface area contributed by atoms with Crippen LogP contribution >= 0.6 is 24.8 Å². The summed E-state index contributed by atoms with van der Waals surface area (Å²) < 4.78 is 4.63. The van der Waals surface area contributed by atoms with Crippen molar-refractivity contribution in [2.75, 3.05) is 7.11 Å². The molecule has 0 rings (SSSR count). The Morgan fingerprint density at radius 3 is 2.00 bits per heavy atom. The van der Waals surface area contributed by atoms with E-state index in [1.54, 1.807) is 0 Å². The van der Waals surface area contributed by atoms with E-state index in [9.17, 15) is 0 Å². The Bertz CT molecular complexity index is 46.8. The fraction of sp³-hybridized carbons (Fsp3) is 0.500. The molecule has 0 amide bonds. The van der Waals surface area contributed by atoms with E-state index in [1.165, 1.54) is 7.11 Å². The van der Waals surface area contributed by atoms with Crippen molar-refractivity contribution in [3.63, 3.8) is 0 Å². The number of hydrogen-bond acceptors (Lipinski definition) is 2. The van der Waals surface area contributed by atoms with Crippen LogP contribution in [-0.2, 0) is 27.1 Å². The number of methoxy groups -OCH3 is 1. The van der Waals surface area contributed by atoms with Gasteiger partial charge in [0.15, 0.2) is 0 Å². The predicted molar refractivity (Wildman–Crippen MR) is 28.6 cm³/mol. The van der Waals surface area contributed by atoms with Crippen molar-refractivity contribution in [3.8, 4) is 0 Å². The molecule has 6 heavy (non-hydrogen) atoms. The zero-order chi connectivity index (χ0) is 4.28. The van der Waals surface area contributed by atoms with Crippen LogP contribution in [0.5, 0.6) is 0 Å². The molecule has 0 spiro atoms. The Morgan fingerprint density at radius 2 is 2.00 bits per heavy atom. The Balaban J connectivity index is 0. The van der Waals surface area contributed by atoms with Gasteiger partial charge < -0.3 is 4.74 Å². The van der Waals surface area contributed by atoms with Crippen molar-refractivity contribution >= 4 is 29.2 Å². The van der Waals surface area contributed by atoms with Crippen molar-refractivity contribution in [2.24, 2.45) is 0 Å². The average Bonchev–Trinajstić information content (AvgIpc) is 1.38. The first kappa shape index (κ1) is 10.1. The third-order valence-corrected chi connectivity index (χ3v) is 0.524. The summed E-state index contributed by atoms with van der Waals surface area (Å²) in [6, 6.07) is 0. The molecule has 0 saturated carbocycles. The first-order valence-corrected chi connectivity index (χ1v) is 1.90. The van der Waals surface area contributed by atoms with Crippen LogP contribution in [0.2, 0.25) is 0 Å². The van der Waals surface area contributed by atoms with Crippen LogP contribution in [-0.4, -0.2) is 11.5 Å². The third-order valence-electron chi connectivity index (χ3n) is 0.175. The van der Waals surface area contributed by atoms with Gasteiger partial charge in [0.2, 0.25) is 4.38 Å². The van der Waals surface area contributed by atoms with Crippen molar-refractivity contribution in [2.45, 2.75) is 0 Å². The molecule has 1 nitrogen and oxygen atoms in total. The van der Waals surface area contributed by atoms with E-state index >= 15 is 0 Å². The summed E-state index contributed by atoms with van der Waals surface area (Å²) in [5.74, 6) is 0. The quantitative estimate of drug-likeness (QED) is 0.404. The molecule has 4 heteroatoms. The van der Waals surface area contributed by atoms with Gasteiger partial charge in [0, 0.05) is 0 Å². The van der Waals surface area contributed by atoms with Crippen LogP contribution < -0.4 is 0 Å². The second-order valence-corrected chi connectivity index (χ2v) is 1.55. The van der Waals surface area contributed by atoms with E-state index < -0.39 is 0 Å². The van der Waals surface area contributed by atoms with Crippen molar-refractivity contribution in [1.29, 1.82) is 0 Å². The van der Waals surface area contributed by atoms with Gasteiger partial charge in [-0.05, 0) is 12.2 Å². The predicted octanol–water partition coefficient (Wildman–Crippen LogP) is 0.845. The first-order chi connectivity index (χ1) is 2.27. The minimum absolute atomic E-state index is 0. The largest absolute Gasteiger partial charge is 3.00 e. The van der Waals surface area contributed by atoms with E-state index in [2.05, 4.69) is 29.6 Å².